The van der Waals surface area contributed by atoms with Crippen LogP contribution >= 0.6 is 23.8 Å². The molecule has 2 atom stereocenters. The SMILES string of the molecule is COCC(=O)Nc1ccc(N2C(=S)NC(c3ccccn3)C2c2cccn2-c2ccc(C(=O)OC)cc2)cc1Cl. The summed E-state index contributed by atoms with van der Waals surface area (Å²) in [6, 6.07) is 21.7. The van der Waals surface area contributed by atoms with Crippen molar-refractivity contribution in [1.29, 1.82) is 0 Å². The van der Waals surface area contributed by atoms with Crippen LogP contribution in [-0.4, -0.2) is 47.4 Å². The molecule has 2 aromatic heterocycles. The van der Waals surface area contributed by atoms with E-state index in [0.717, 1.165) is 22.8 Å². The number of thiocarbonyl (C=S) groups is 1. The predicted octanol–water partition coefficient (Wildman–Crippen LogP) is 5.07. The van der Waals surface area contributed by atoms with Gasteiger partial charge in [0, 0.05) is 36.6 Å². The highest BCUT2D eigenvalue weighted by molar-refractivity contribution is 7.80. The number of methoxy groups -OCH3 is 2. The summed E-state index contributed by atoms with van der Waals surface area (Å²) in [4.78, 5) is 30.6. The molecule has 1 aliphatic rings. The fraction of sp³-hybridized carbons (Fsp3) is 0.172. The van der Waals surface area contributed by atoms with Crippen LogP contribution in [0.1, 0.15) is 33.8 Å². The molecule has 0 bridgehead atoms. The van der Waals surface area contributed by atoms with Gasteiger partial charge in [0.25, 0.3) is 0 Å². The zero-order chi connectivity index (χ0) is 28.2. The minimum Gasteiger partial charge on any atom is -0.465 e. The summed E-state index contributed by atoms with van der Waals surface area (Å²) < 4.78 is 11.8. The number of hydrogen-bond donors (Lipinski definition) is 2. The molecule has 1 saturated heterocycles. The largest absolute Gasteiger partial charge is 0.465 e. The van der Waals surface area contributed by atoms with Crippen LogP contribution in [-0.2, 0) is 14.3 Å². The Morgan fingerprint density at radius 2 is 1.82 bits per heavy atom. The van der Waals surface area contributed by atoms with Crippen molar-refractivity contribution >= 4 is 52.2 Å². The number of ether oxygens (including phenoxy) is 2. The number of amides is 1. The molecule has 5 rings (SSSR count). The van der Waals surface area contributed by atoms with Crippen LogP contribution in [0.15, 0.2) is 85.2 Å². The summed E-state index contributed by atoms with van der Waals surface area (Å²) in [5.74, 6) is -0.704. The van der Waals surface area contributed by atoms with Gasteiger partial charge in [0.15, 0.2) is 5.11 Å². The molecule has 3 heterocycles. The van der Waals surface area contributed by atoms with Gasteiger partial charge in [0.2, 0.25) is 5.91 Å². The van der Waals surface area contributed by atoms with E-state index in [2.05, 4.69) is 15.6 Å². The topological polar surface area (TPSA) is 97.7 Å². The van der Waals surface area contributed by atoms with Gasteiger partial charge in [0.05, 0.1) is 35.1 Å². The summed E-state index contributed by atoms with van der Waals surface area (Å²) in [5, 5.41) is 7.05. The number of hydrogen-bond acceptors (Lipinski definition) is 6. The Balaban J connectivity index is 1.57. The standard InChI is InChI=1S/C29H26ClN5O4S/c1-38-17-25(36)32-22-13-12-20(16-21(22)30)35-27(26(33-29(35)40)23-6-3-4-14-31-23)24-7-5-15-34(24)19-10-8-18(9-11-19)28(37)39-2/h3-16,26-27H,17H2,1-2H3,(H,32,36)(H,33,40). The van der Waals surface area contributed by atoms with Gasteiger partial charge in [-0.3, -0.25) is 9.78 Å². The van der Waals surface area contributed by atoms with Gasteiger partial charge < -0.3 is 29.6 Å². The zero-order valence-electron chi connectivity index (χ0n) is 21.7. The van der Waals surface area contributed by atoms with Crippen LogP contribution in [0.4, 0.5) is 11.4 Å². The van der Waals surface area contributed by atoms with Crippen LogP contribution in [0, 0.1) is 0 Å². The minimum atomic E-state index is -0.398. The van der Waals surface area contributed by atoms with Gasteiger partial charge in [-0.15, -0.1) is 0 Å². The normalized spacial score (nSPS) is 16.5. The highest BCUT2D eigenvalue weighted by Gasteiger charge is 2.42. The molecule has 204 valence electrons. The number of esters is 1. The molecule has 11 heteroatoms. The molecular formula is C29H26ClN5O4S. The maximum absolute atomic E-state index is 12.0. The van der Waals surface area contributed by atoms with Gasteiger partial charge in [-0.25, -0.2) is 4.79 Å². The molecule has 40 heavy (non-hydrogen) atoms. The van der Waals surface area contributed by atoms with Crippen molar-refractivity contribution in [3.05, 3.63) is 107 Å². The first-order valence-electron chi connectivity index (χ1n) is 12.4. The first-order chi connectivity index (χ1) is 19.4. The Labute approximate surface area is 241 Å². The number of anilines is 2. The number of pyridine rings is 1. The van der Waals surface area contributed by atoms with Gasteiger partial charge in [0.1, 0.15) is 12.6 Å². The number of carbonyl (C=O) groups is 2. The van der Waals surface area contributed by atoms with Crippen molar-refractivity contribution in [2.45, 2.75) is 12.1 Å². The number of carbonyl (C=O) groups excluding carboxylic acids is 2. The number of rotatable bonds is 8. The second-order valence-corrected chi connectivity index (χ2v) is 9.78. The van der Waals surface area contributed by atoms with Crippen LogP contribution in [0.25, 0.3) is 5.69 Å². The van der Waals surface area contributed by atoms with Crippen molar-refractivity contribution in [2.75, 3.05) is 31.0 Å². The monoisotopic (exact) mass is 575 g/mol. The molecule has 9 nitrogen and oxygen atoms in total. The third-order valence-electron chi connectivity index (χ3n) is 6.53. The summed E-state index contributed by atoms with van der Waals surface area (Å²) >= 11 is 12.5. The average Bonchev–Trinajstić information content (AvgIpc) is 3.58. The lowest BCUT2D eigenvalue weighted by Gasteiger charge is -2.29. The average molecular weight is 576 g/mol. The van der Waals surface area contributed by atoms with E-state index in [-0.39, 0.29) is 24.6 Å². The number of nitrogens with one attached hydrogen (secondary N) is 2. The predicted molar refractivity (Wildman–Crippen MR) is 157 cm³/mol. The van der Waals surface area contributed by atoms with Crippen molar-refractivity contribution in [3.8, 4) is 5.69 Å². The van der Waals surface area contributed by atoms with Gasteiger partial charge in [-0.1, -0.05) is 17.7 Å². The van der Waals surface area contributed by atoms with Gasteiger partial charge in [-0.05, 0) is 78.9 Å². The maximum Gasteiger partial charge on any atom is 0.337 e. The molecule has 2 unspecified atom stereocenters. The molecular weight excluding hydrogens is 550 g/mol. The van der Waals surface area contributed by atoms with Crippen molar-refractivity contribution in [1.82, 2.24) is 14.9 Å². The Bertz CT molecular complexity index is 1540. The lowest BCUT2D eigenvalue weighted by Crippen LogP contribution is -2.30. The Hall–Kier alpha value is -4.25. The van der Waals surface area contributed by atoms with Crippen LogP contribution in [0.5, 0.6) is 0 Å². The lowest BCUT2D eigenvalue weighted by molar-refractivity contribution is -0.119. The highest BCUT2D eigenvalue weighted by Crippen LogP contribution is 2.43. The Morgan fingerprint density at radius 3 is 2.50 bits per heavy atom. The highest BCUT2D eigenvalue weighted by atomic mass is 35.5. The molecule has 1 aliphatic heterocycles. The minimum absolute atomic E-state index is 0.0797. The van der Waals surface area contributed by atoms with E-state index in [9.17, 15) is 9.59 Å². The van der Waals surface area contributed by atoms with E-state index in [1.54, 1.807) is 30.5 Å². The Kier molecular flexibility index (Phi) is 8.11. The number of nitrogens with zero attached hydrogens (tertiary/aromatic N) is 3. The van der Waals surface area contributed by atoms with E-state index in [4.69, 9.17) is 33.3 Å². The molecule has 0 radical (unpaired) electrons. The fourth-order valence-electron chi connectivity index (χ4n) is 4.75. The molecule has 2 N–H and O–H groups in total. The third-order valence-corrected chi connectivity index (χ3v) is 7.16. The van der Waals surface area contributed by atoms with E-state index in [0.29, 0.717) is 21.4 Å². The van der Waals surface area contributed by atoms with E-state index in [1.165, 1.54) is 14.2 Å². The number of halogens is 1. The van der Waals surface area contributed by atoms with Crippen LogP contribution < -0.4 is 15.5 Å². The van der Waals surface area contributed by atoms with Crippen LogP contribution in [0.3, 0.4) is 0 Å². The number of benzene rings is 2. The second kappa shape index (κ2) is 11.9. The van der Waals surface area contributed by atoms with E-state index >= 15 is 0 Å². The first kappa shape index (κ1) is 27.3. The van der Waals surface area contributed by atoms with Crippen LogP contribution in [0.2, 0.25) is 5.02 Å². The quantitative estimate of drug-likeness (QED) is 0.222. The van der Waals surface area contributed by atoms with Crippen molar-refractivity contribution in [2.24, 2.45) is 0 Å². The Morgan fingerprint density at radius 1 is 1.05 bits per heavy atom. The fourth-order valence-corrected chi connectivity index (χ4v) is 5.32. The summed E-state index contributed by atoms with van der Waals surface area (Å²) in [7, 11) is 2.81. The molecule has 4 aromatic rings. The third kappa shape index (κ3) is 5.42. The number of aromatic nitrogens is 2. The van der Waals surface area contributed by atoms with Gasteiger partial charge >= 0.3 is 5.97 Å². The van der Waals surface area contributed by atoms with E-state index in [1.807, 2.05) is 64.2 Å². The van der Waals surface area contributed by atoms with Crippen molar-refractivity contribution < 1.29 is 19.1 Å². The molecule has 0 spiro atoms. The molecule has 0 aliphatic carbocycles. The maximum atomic E-state index is 12.0. The lowest BCUT2D eigenvalue weighted by atomic mass is 10.0. The van der Waals surface area contributed by atoms with Gasteiger partial charge in [-0.2, -0.15) is 0 Å². The summed E-state index contributed by atoms with van der Waals surface area (Å²) in [6.07, 6.45) is 3.71. The first-order valence-corrected chi connectivity index (χ1v) is 13.1. The molecule has 0 saturated carbocycles. The zero-order valence-corrected chi connectivity index (χ0v) is 23.3. The molecule has 1 fully saturated rings. The smallest absolute Gasteiger partial charge is 0.337 e. The van der Waals surface area contributed by atoms with E-state index < -0.39 is 5.97 Å². The molecule has 2 aromatic carbocycles. The summed E-state index contributed by atoms with van der Waals surface area (Å²) in [6.45, 7) is -0.0797. The summed E-state index contributed by atoms with van der Waals surface area (Å²) in [5.41, 5.74) is 4.29. The van der Waals surface area contributed by atoms with Crippen molar-refractivity contribution in [3.63, 3.8) is 0 Å². The second-order valence-electron chi connectivity index (χ2n) is 8.98. The molecule has 1 amide bonds.